The summed E-state index contributed by atoms with van der Waals surface area (Å²) < 4.78 is 37.2. The van der Waals surface area contributed by atoms with Gasteiger partial charge in [-0.05, 0) is 18.2 Å². The van der Waals surface area contributed by atoms with Gasteiger partial charge in [-0.1, -0.05) is 26.0 Å². The third kappa shape index (κ3) is 6.16. The number of esters is 1. The maximum absolute atomic E-state index is 12.9. The standard InChI is InChI=1S/C20H28N2O6S/c1-6-12-21(13-7-2)19(23)15-28-20(24)16-10-11-17(27-5)18(14-16)29(25,26)22(8-3)9-4/h6-7,10-11,14H,1-2,8-9,12-13,15H2,3-5H3. The van der Waals surface area contributed by atoms with Gasteiger partial charge in [0.1, 0.15) is 10.6 Å². The molecule has 0 spiro atoms. The number of hydrogen-bond acceptors (Lipinski definition) is 6. The van der Waals surface area contributed by atoms with E-state index >= 15 is 0 Å². The summed E-state index contributed by atoms with van der Waals surface area (Å²) in [5, 5.41) is 0. The van der Waals surface area contributed by atoms with Crippen LogP contribution >= 0.6 is 0 Å². The third-order valence-corrected chi connectivity index (χ3v) is 6.17. The molecule has 29 heavy (non-hydrogen) atoms. The van der Waals surface area contributed by atoms with Crippen molar-refractivity contribution in [3.8, 4) is 5.75 Å². The van der Waals surface area contributed by atoms with Crippen LogP contribution in [0.5, 0.6) is 5.75 Å². The van der Waals surface area contributed by atoms with Crippen LogP contribution in [0.1, 0.15) is 24.2 Å². The van der Waals surface area contributed by atoms with Crippen LogP contribution in [0.3, 0.4) is 0 Å². The van der Waals surface area contributed by atoms with Gasteiger partial charge in [-0.25, -0.2) is 13.2 Å². The molecule has 8 nitrogen and oxygen atoms in total. The molecule has 0 aromatic heterocycles. The van der Waals surface area contributed by atoms with Crippen LogP contribution in [0.2, 0.25) is 0 Å². The highest BCUT2D eigenvalue weighted by atomic mass is 32.2. The predicted octanol–water partition coefficient (Wildman–Crippen LogP) is 2.08. The molecule has 0 saturated heterocycles. The Labute approximate surface area is 172 Å². The summed E-state index contributed by atoms with van der Waals surface area (Å²) in [5.74, 6) is -1.11. The van der Waals surface area contributed by atoms with Crippen molar-refractivity contribution in [1.29, 1.82) is 0 Å². The van der Waals surface area contributed by atoms with Crippen molar-refractivity contribution >= 4 is 21.9 Å². The highest BCUT2D eigenvalue weighted by molar-refractivity contribution is 7.89. The Morgan fingerprint density at radius 1 is 1.10 bits per heavy atom. The maximum atomic E-state index is 12.9. The van der Waals surface area contributed by atoms with Crippen LogP contribution in [-0.2, 0) is 19.6 Å². The van der Waals surface area contributed by atoms with E-state index in [1.165, 1.54) is 34.5 Å². The summed E-state index contributed by atoms with van der Waals surface area (Å²) in [6, 6.07) is 3.97. The Morgan fingerprint density at radius 2 is 1.69 bits per heavy atom. The number of benzene rings is 1. The first-order valence-corrected chi connectivity index (χ1v) is 10.6. The average Bonchev–Trinajstić information content (AvgIpc) is 2.71. The number of carbonyl (C=O) groups excluding carboxylic acids is 2. The molecule has 1 aromatic carbocycles. The van der Waals surface area contributed by atoms with Gasteiger partial charge < -0.3 is 14.4 Å². The van der Waals surface area contributed by atoms with Crippen molar-refractivity contribution in [2.45, 2.75) is 18.7 Å². The van der Waals surface area contributed by atoms with Gasteiger partial charge in [-0.3, -0.25) is 4.79 Å². The van der Waals surface area contributed by atoms with Crippen LogP contribution in [0.15, 0.2) is 48.4 Å². The molecule has 0 heterocycles. The van der Waals surface area contributed by atoms with Crippen LogP contribution in [0.4, 0.5) is 0 Å². The Hall–Kier alpha value is -2.65. The molecule has 0 unspecified atom stereocenters. The van der Waals surface area contributed by atoms with Gasteiger partial charge in [-0.2, -0.15) is 4.31 Å². The van der Waals surface area contributed by atoms with Gasteiger partial charge in [0.25, 0.3) is 5.91 Å². The molecule has 1 rings (SSSR count). The lowest BCUT2D eigenvalue weighted by Gasteiger charge is -2.20. The SMILES string of the molecule is C=CCN(CC=C)C(=O)COC(=O)c1ccc(OC)c(S(=O)(=O)N(CC)CC)c1. The molecule has 9 heteroatoms. The Bertz CT molecular complexity index is 837. The number of hydrogen-bond donors (Lipinski definition) is 0. The number of sulfonamides is 1. The molecule has 1 amide bonds. The maximum Gasteiger partial charge on any atom is 0.338 e. The number of rotatable bonds is 12. The fourth-order valence-corrected chi connectivity index (χ4v) is 4.24. The van der Waals surface area contributed by atoms with Gasteiger partial charge in [0, 0.05) is 26.2 Å². The Morgan fingerprint density at radius 3 is 2.17 bits per heavy atom. The van der Waals surface area contributed by atoms with Crippen molar-refractivity contribution in [2.75, 3.05) is 39.9 Å². The highest BCUT2D eigenvalue weighted by Gasteiger charge is 2.27. The minimum atomic E-state index is -3.86. The molecule has 0 N–H and O–H groups in total. The molecular formula is C20H28N2O6S. The molecule has 160 valence electrons. The largest absolute Gasteiger partial charge is 0.495 e. The monoisotopic (exact) mass is 424 g/mol. The number of amides is 1. The van der Waals surface area contributed by atoms with Crippen molar-refractivity contribution < 1.29 is 27.5 Å². The normalized spacial score (nSPS) is 11.0. The van der Waals surface area contributed by atoms with Gasteiger partial charge in [0.15, 0.2) is 6.61 Å². The number of nitrogens with zero attached hydrogens (tertiary/aromatic N) is 2. The smallest absolute Gasteiger partial charge is 0.338 e. The van der Waals surface area contributed by atoms with E-state index in [1.807, 2.05) is 0 Å². The second kappa shape index (κ2) is 11.4. The Kier molecular flexibility index (Phi) is 9.57. The fourth-order valence-electron chi connectivity index (χ4n) is 2.60. The summed E-state index contributed by atoms with van der Waals surface area (Å²) in [5.41, 5.74) is 0.00308. The summed E-state index contributed by atoms with van der Waals surface area (Å²) in [4.78, 5) is 25.9. The van der Waals surface area contributed by atoms with E-state index in [4.69, 9.17) is 9.47 Å². The first-order chi connectivity index (χ1) is 13.8. The quantitative estimate of drug-likeness (QED) is 0.377. The fraction of sp³-hybridized carbons (Fsp3) is 0.400. The van der Waals surface area contributed by atoms with E-state index in [0.717, 1.165) is 0 Å². The van der Waals surface area contributed by atoms with E-state index in [9.17, 15) is 18.0 Å². The first kappa shape index (κ1) is 24.4. The second-order valence-electron chi connectivity index (χ2n) is 5.91. The zero-order valence-electron chi connectivity index (χ0n) is 17.1. The predicted molar refractivity (Wildman–Crippen MR) is 110 cm³/mol. The zero-order chi connectivity index (χ0) is 22.0. The second-order valence-corrected chi connectivity index (χ2v) is 7.81. The van der Waals surface area contributed by atoms with Crippen LogP contribution in [0.25, 0.3) is 0 Å². The van der Waals surface area contributed by atoms with Gasteiger partial charge in [0.2, 0.25) is 10.0 Å². The molecule has 0 aliphatic rings. The summed E-state index contributed by atoms with van der Waals surface area (Å²) >= 11 is 0. The van der Waals surface area contributed by atoms with Gasteiger partial charge in [-0.15, -0.1) is 13.2 Å². The molecular weight excluding hydrogens is 396 g/mol. The topological polar surface area (TPSA) is 93.2 Å². The van der Waals surface area contributed by atoms with E-state index in [-0.39, 0.29) is 42.4 Å². The third-order valence-electron chi connectivity index (χ3n) is 4.10. The molecule has 0 saturated carbocycles. The summed E-state index contributed by atoms with van der Waals surface area (Å²) in [6.45, 7) is 11.2. The molecule has 0 aliphatic heterocycles. The molecule has 0 atom stereocenters. The molecule has 0 aliphatic carbocycles. The number of carbonyl (C=O) groups is 2. The van der Waals surface area contributed by atoms with Crippen molar-refractivity contribution in [2.24, 2.45) is 0 Å². The molecule has 0 fully saturated rings. The lowest BCUT2D eigenvalue weighted by atomic mass is 10.2. The highest BCUT2D eigenvalue weighted by Crippen LogP contribution is 2.28. The van der Waals surface area contributed by atoms with Gasteiger partial charge in [0.05, 0.1) is 12.7 Å². The van der Waals surface area contributed by atoms with E-state index < -0.39 is 28.5 Å². The zero-order valence-corrected chi connectivity index (χ0v) is 17.9. The van der Waals surface area contributed by atoms with E-state index in [1.54, 1.807) is 26.0 Å². The van der Waals surface area contributed by atoms with Crippen LogP contribution in [-0.4, -0.2) is 69.4 Å². The lowest BCUT2D eigenvalue weighted by Crippen LogP contribution is -2.35. The Balaban J connectivity index is 3.08. The minimum Gasteiger partial charge on any atom is -0.495 e. The van der Waals surface area contributed by atoms with Gasteiger partial charge >= 0.3 is 5.97 Å². The van der Waals surface area contributed by atoms with Crippen molar-refractivity contribution in [1.82, 2.24) is 9.21 Å². The van der Waals surface area contributed by atoms with E-state index in [2.05, 4.69) is 13.2 Å². The first-order valence-electron chi connectivity index (χ1n) is 9.11. The lowest BCUT2D eigenvalue weighted by molar-refractivity contribution is -0.133. The van der Waals surface area contributed by atoms with E-state index in [0.29, 0.717) is 0 Å². The molecule has 0 bridgehead atoms. The number of ether oxygens (including phenoxy) is 2. The van der Waals surface area contributed by atoms with Crippen molar-refractivity contribution in [3.05, 3.63) is 49.1 Å². The molecule has 1 aromatic rings. The average molecular weight is 425 g/mol. The molecule has 0 radical (unpaired) electrons. The van der Waals surface area contributed by atoms with Crippen molar-refractivity contribution in [3.63, 3.8) is 0 Å². The minimum absolute atomic E-state index is 0.00308. The number of methoxy groups -OCH3 is 1. The van der Waals surface area contributed by atoms with Crippen LogP contribution < -0.4 is 4.74 Å². The summed E-state index contributed by atoms with van der Waals surface area (Å²) in [6.07, 6.45) is 3.11. The summed E-state index contributed by atoms with van der Waals surface area (Å²) in [7, 11) is -2.51. The van der Waals surface area contributed by atoms with Crippen LogP contribution in [0, 0.1) is 0 Å².